The quantitative estimate of drug-likeness (QED) is 0.659. The summed E-state index contributed by atoms with van der Waals surface area (Å²) in [5, 5.41) is 2.84. The molecular weight excluding hydrogens is 288 g/mol. The van der Waals surface area contributed by atoms with Gasteiger partial charge in [-0.15, -0.1) is 0 Å². The summed E-state index contributed by atoms with van der Waals surface area (Å²) < 4.78 is 0. The van der Waals surface area contributed by atoms with Crippen molar-refractivity contribution in [2.75, 3.05) is 0 Å². The average molecular weight is 314 g/mol. The van der Waals surface area contributed by atoms with E-state index in [9.17, 15) is 0 Å². The van der Waals surface area contributed by atoms with E-state index in [0.717, 1.165) is 6.42 Å². The Hall–Kier alpha value is -2.34. The summed E-state index contributed by atoms with van der Waals surface area (Å²) in [5.41, 5.74) is 8.20. The second-order valence-corrected chi connectivity index (χ2v) is 6.69. The summed E-state index contributed by atoms with van der Waals surface area (Å²) in [7, 11) is 0. The molecule has 122 valence electrons. The molecule has 0 saturated heterocycles. The first-order chi connectivity index (χ1) is 11.6. The highest BCUT2D eigenvalue weighted by Crippen LogP contribution is 2.24. The van der Waals surface area contributed by atoms with Crippen molar-refractivity contribution in [3.05, 3.63) is 76.2 Å². The second-order valence-electron chi connectivity index (χ2n) is 6.69. The standard InChI is InChI=1S/C24H26/c1-5-10-17(2)19(4)23-16-22(20-12-7-6-8-13-20)15-21-14-9-11-18(3)24(21)23/h5-8,10,12-16H,9,11H2,1-4H3/b10-5-,19-17+. The number of fused-ring (bicyclic) bond motifs is 1. The van der Waals surface area contributed by atoms with Crippen LogP contribution in [0.1, 0.15) is 46.1 Å². The molecule has 0 heteroatoms. The summed E-state index contributed by atoms with van der Waals surface area (Å²) in [4.78, 5) is 0. The van der Waals surface area contributed by atoms with Crippen LogP contribution in [0.2, 0.25) is 0 Å². The Labute approximate surface area is 145 Å². The van der Waals surface area contributed by atoms with Crippen molar-refractivity contribution in [2.45, 2.75) is 40.5 Å². The predicted molar refractivity (Wildman–Crippen MR) is 107 cm³/mol. The van der Waals surface area contributed by atoms with Gasteiger partial charge in [-0.3, -0.25) is 0 Å². The predicted octanol–water partition coefficient (Wildman–Crippen LogP) is 5.47. The van der Waals surface area contributed by atoms with Gasteiger partial charge in [0.2, 0.25) is 0 Å². The second kappa shape index (κ2) is 7.05. The number of hydrogen-bond donors (Lipinski definition) is 0. The Morgan fingerprint density at radius 1 is 1.00 bits per heavy atom. The van der Waals surface area contributed by atoms with Crippen molar-refractivity contribution < 1.29 is 0 Å². The largest absolute Gasteiger partial charge is 0.0874 e. The van der Waals surface area contributed by atoms with Gasteiger partial charge >= 0.3 is 0 Å². The molecule has 1 aliphatic carbocycles. The lowest BCUT2D eigenvalue weighted by Gasteiger charge is -2.15. The molecule has 0 radical (unpaired) electrons. The molecule has 2 aromatic rings. The van der Waals surface area contributed by atoms with E-state index >= 15 is 0 Å². The van der Waals surface area contributed by atoms with E-state index < -0.39 is 0 Å². The van der Waals surface area contributed by atoms with E-state index in [-0.39, 0.29) is 0 Å². The van der Waals surface area contributed by atoms with Crippen molar-refractivity contribution in [3.8, 4) is 11.1 Å². The van der Waals surface area contributed by atoms with E-state index in [0.29, 0.717) is 0 Å². The minimum absolute atomic E-state index is 1.15. The highest BCUT2D eigenvalue weighted by Gasteiger charge is 2.10. The van der Waals surface area contributed by atoms with Gasteiger partial charge in [-0.1, -0.05) is 54.1 Å². The van der Waals surface area contributed by atoms with Gasteiger partial charge in [-0.05, 0) is 90.9 Å². The summed E-state index contributed by atoms with van der Waals surface area (Å²) in [6.45, 7) is 8.83. The van der Waals surface area contributed by atoms with Crippen LogP contribution in [0.3, 0.4) is 0 Å². The number of hydrogen-bond acceptors (Lipinski definition) is 0. The van der Waals surface area contributed by atoms with Gasteiger partial charge in [0, 0.05) is 0 Å². The van der Waals surface area contributed by atoms with Gasteiger partial charge in [0.25, 0.3) is 0 Å². The van der Waals surface area contributed by atoms with Crippen molar-refractivity contribution in [3.63, 3.8) is 0 Å². The van der Waals surface area contributed by atoms with Gasteiger partial charge in [0.05, 0.1) is 0 Å². The Bertz CT molecular complexity index is 922. The molecule has 0 amide bonds. The van der Waals surface area contributed by atoms with Crippen LogP contribution >= 0.6 is 0 Å². The first kappa shape index (κ1) is 16.5. The fourth-order valence-corrected chi connectivity index (χ4v) is 3.55. The fraction of sp³-hybridized carbons (Fsp3) is 0.250. The van der Waals surface area contributed by atoms with Crippen molar-refractivity contribution in [2.24, 2.45) is 0 Å². The van der Waals surface area contributed by atoms with Gasteiger partial charge in [0.1, 0.15) is 0 Å². The molecule has 0 aliphatic heterocycles. The Balaban J connectivity index is 2.36. The molecule has 3 rings (SSSR count). The smallest absolute Gasteiger partial charge is 0.0122 e. The van der Waals surface area contributed by atoms with Crippen molar-refractivity contribution in [1.29, 1.82) is 0 Å². The molecule has 24 heavy (non-hydrogen) atoms. The molecule has 1 aliphatic rings. The normalized spacial score (nSPS) is 15.1. The zero-order chi connectivity index (χ0) is 17.1. The first-order valence-corrected chi connectivity index (χ1v) is 8.82. The van der Waals surface area contributed by atoms with E-state index in [1.54, 1.807) is 0 Å². The zero-order valence-electron chi connectivity index (χ0n) is 15.2. The van der Waals surface area contributed by atoms with Crippen LogP contribution in [0, 0.1) is 0 Å². The van der Waals surface area contributed by atoms with Crippen LogP contribution < -0.4 is 10.4 Å². The Morgan fingerprint density at radius 3 is 2.46 bits per heavy atom. The Morgan fingerprint density at radius 2 is 1.75 bits per heavy atom. The number of rotatable bonds is 3. The van der Waals surface area contributed by atoms with E-state index in [4.69, 9.17) is 0 Å². The van der Waals surface area contributed by atoms with Crippen LogP contribution in [0.25, 0.3) is 28.3 Å². The fourth-order valence-electron chi connectivity index (χ4n) is 3.55. The van der Waals surface area contributed by atoms with E-state index in [1.807, 2.05) is 0 Å². The highest BCUT2D eigenvalue weighted by molar-refractivity contribution is 5.77. The number of allylic oxidation sites excluding steroid dienone is 4. The highest BCUT2D eigenvalue weighted by atomic mass is 14.1. The minimum Gasteiger partial charge on any atom is -0.0874 e. The maximum Gasteiger partial charge on any atom is -0.0122 e. The van der Waals surface area contributed by atoms with E-state index in [1.165, 1.54) is 50.3 Å². The lowest BCUT2D eigenvalue weighted by Crippen LogP contribution is -2.32. The lowest BCUT2D eigenvalue weighted by atomic mass is 9.89. The summed E-state index contributed by atoms with van der Waals surface area (Å²) in [5.74, 6) is 0. The maximum absolute atomic E-state index is 2.40. The average Bonchev–Trinajstić information content (AvgIpc) is 2.61. The topological polar surface area (TPSA) is 0 Å². The molecule has 2 aromatic carbocycles. The Kier molecular flexibility index (Phi) is 4.85. The van der Waals surface area contributed by atoms with Crippen molar-refractivity contribution >= 4 is 17.2 Å². The number of benzene rings is 2. The first-order valence-electron chi connectivity index (χ1n) is 8.82. The molecule has 0 saturated carbocycles. The molecule has 0 aromatic heterocycles. The molecular formula is C24H26. The molecule has 0 N–H and O–H groups in total. The monoisotopic (exact) mass is 314 g/mol. The SMILES string of the molecule is C/C=C\C(C)=C(/C)c1cc(-c2ccccc2)cc2c1=C(C)CCC=2. The lowest BCUT2D eigenvalue weighted by molar-refractivity contribution is 1.06. The van der Waals surface area contributed by atoms with Gasteiger partial charge in [-0.2, -0.15) is 0 Å². The molecule has 0 nitrogen and oxygen atoms in total. The van der Waals surface area contributed by atoms with Crippen molar-refractivity contribution in [1.82, 2.24) is 0 Å². The van der Waals surface area contributed by atoms with Crippen LogP contribution in [0.5, 0.6) is 0 Å². The third-order valence-corrected chi connectivity index (χ3v) is 5.00. The molecule has 0 bridgehead atoms. The third-order valence-electron chi connectivity index (χ3n) is 5.00. The van der Waals surface area contributed by atoms with Crippen LogP contribution in [-0.4, -0.2) is 0 Å². The third kappa shape index (κ3) is 3.14. The molecule has 0 unspecified atom stereocenters. The summed E-state index contributed by atoms with van der Waals surface area (Å²) in [6.07, 6.45) is 9.04. The molecule has 0 fully saturated rings. The zero-order valence-corrected chi connectivity index (χ0v) is 15.2. The summed E-state index contributed by atoms with van der Waals surface area (Å²) in [6, 6.07) is 15.4. The van der Waals surface area contributed by atoms with E-state index in [2.05, 4.69) is 88.4 Å². The molecule has 0 atom stereocenters. The van der Waals surface area contributed by atoms with Crippen LogP contribution in [-0.2, 0) is 0 Å². The van der Waals surface area contributed by atoms with Crippen LogP contribution in [0.4, 0.5) is 0 Å². The summed E-state index contributed by atoms with van der Waals surface area (Å²) >= 11 is 0. The van der Waals surface area contributed by atoms with Gasteiger partial charge < -0.3 is 0 Å². The maximum atomic E-state index is 2.40. The minimum atomic E-state index is 1.15. The van der Waals surface area contributed by atoms with Gasteiger partial charge in [-0.25, -0.2) is 0 Å². The van der Waals surface area contributed by atoms with Crippen LogP contribution in [0.15, 0.2) is 60.2 Å². The molecule has 0 spiro atoms. The van der Waals surface area contributed by atoms with Gasteiger partial charge in [0.15, 0.2) is 0 Å². The molecule has 0 heterocycles.